The van der Waals surface area contributed by atoms with Crippen molar-refractivity contribution in [2.75, 3.05) is 39.3 Å². The first kappa shape index (κ1) is 29.5. The van der Waals surface area contributed by atoms with Gasteiger partial charge in [0.1, 0.15) is 0 Å². The van der Waals surface area contributed by atoms with Crippen molar-refractivity contribution in [1.29, 1.82) is 0 Å². The minimum atomic E-state index is -1.61. The van der Waals surface area contributed by atoms with Crippen molar-refractivity contribution in [1.82, 2.24) is 9.80 Å². The maximum atomic E-state index is 10.2. The molecule has 0 fully saturated rings. The fourth-order valence-electron chi connectivity index (χ4n) is 2.80. The van der Waals surface area contributed by atoms with E-state index in [2.05, 4.69) is 0 Å². The molecule has 0 spiro atoms. The predicted octanol–water partition coefficient (Wildman–Crippen LogP) is 2.59. The number of nitrogens with zero attached hydrogens (tertiary/aromatic N) is 2. The van der Waals surface area contributed by atoms with Crippen LogP contribution in [-0.2, 0) is 0 Å². The Labute approximate surface area is 197 Å². The number of hydrogen-bond acceptors (Lipinski definition) is 6. The van der Waals surface area contributed by atoms with Crippen LogP contribution in [0.4, 0.5) is 0 Å². The van der Waals surface area contributed by atoms with Crippen LogP contribution in [0.5, 0.6) is 0 Å². The molecule has 0 radical (unpaired) electrons. The average Bonchev–Trinajstić information content (AvgIpc) is 2.38. The Kier molecular flexibility index (Phi) is 14.6. The average molecular weight is 527 g/mol. The van der Waals surface area contributed by atoms with Crippen LogP contribution in [0.25, 0.3) is 0 Å². The molecule has 0 aromatic heterocycles. The molecule has 6 nitrogen and oxygen atoms in total. The number of rotatable bonds is 13. The van der Waals surface area contributed by atoms with E-state index in [0.717, 1.165) is 0 Å². The van der Waals surface area contributed by atoms with Gasteiger partial charge >= 0.3 is 0 Å². The summed E-state index contributed by atoms with van der Waals surface area (Å²) in [6.45, 7) is 5.18. The largest absolute Gasteiger partial charge is 0.392 e. The van der Waals surface area contributed by atoms with Gasteiger partial charge in [0.15, 0.2) is 7.59 Å². The molecule has 0 bridgehead atoms. The van der Waals surface area contributed by atoms with Crippen LogP contribution < -0.4 is 0 Å². The lowest BCUT2D eigenvalue weighted by Gasteiger charge is -2.32. The Morgan fingerprint density at radius 1 is 0.607 bits per heavy atom. The summed E-state index contributed by atoms with van der Waals surface area (Å²) in [5, 5.41) is 39.7. The zero-order valence-corrected chi connectivity index (χ0v) is 20.5. The lowest BCUT2D eigenvalue weighted by Crippen LogP contribution is -2.46. The van der Waals surface area contributed by atoms with Crippen molar-refractivity contribution < 1.29 is 20.4 Å². The molecule has 0 saturated carbocycles. The molecule has 0 aromatic carbocycles. The second-order valence-electron chi connectivity index (χ2n) is 7.16. The molecule has 170 valence electrons. The highest BCUT2D eigenvalue weighted by molar-refractivity contribution is 6.68. The molecule has 4 atom stereocenters. The van der Waals surface area contributed by atoms with Gasteiger partial charge in [0.05, 0.1) is 24.4 Å². The van der Waals surface area contributed by atoms with Crippen molar-refractivity contribution in [3.8, 4) is 0 Å². The van der Waals surface area contributed by atoms with Gasteiger partial charge in [0.25, 0.3) is 0 Å². The fraction of sp³-hybridized carbons (Fsp3) is 1.00. The number of aliphatic hydroxyl groups is 4. The van der Waals surface area contributed by atoms with Crippen LogP contribution in [0, 0.1) is 0 Å². The predicted molar refractivity (Wildman–Crippen MR) is 118 cm³/mol. The SMILES string of the molecule is CC(O)CN(CCN(CC(O)CC(Cl)(Cl)Cl)CC(O)CC(Cl)(Cl)Cl)CC(C)O. The first-order chi connectivity index (χ1) is 12.6. The van der Waals surface area contributed by atoms with Gasteiger partial charge in [0.2, 0.25) is 0 Å². The molecule has 4 N–H and O–H groups in total. The first-order valence-corrected chi connectivity index (χ1v) is 11.1. The molecule has 0 aromatic rings. The summed E-state index contributed by atoms with van der Waals surface area (Å²) in [6, 6.07) is 0. The number of aliphatic hydroxyl groups excluding tert-OH is 4. The van der Waals surface area contributed by atoms with Gasteiger partial charge in [-0.15, -0.1) is 0 Å². The number of alkyl halides is 6. The third kappa shape index (κ3) is 18.3. The van der Waals surface area contributed by atoms with Crippen LogP contribution >= 0.6 is 69.6 Å². The summed E-state index contributed by atoms with van der Waals surface area (Å²) >= 11 is 34.4. The molecule has 28 heavy (non-hydrogen) atoms. The minimum absolute atomic E-state index is 0.0836. The standard InChI is InChI=1S/C16H30Cl6N2O4/c1-11(25)7-23(8-12(2)26)3-4-24(9-13(27)5-15(17,18)19)10-14(28)6-16(20,21)22/h11-14,25-28H,3-10H2,1-2H3. The lowest BCUT2D eigenvalue weighted by molar-refractivity contribution is 0.0440. The molecule has 0 heterocycles. The monoisotopic (exact) mass is 524 g/mol. The highest BCUT2D eigenvalue weighted by Gasteiger charge is 2.29. The molecule has 0 aliphatic carbocycles. The third-order valence-electron chi connectivity index (χ3n) is 3.65. The van der Waals surface area contributed by atoms with Crippen LogP contribution in [0.2, 0.25) is 0 Å². The van der Waals surface area contributed by atoms with E-state index in [4.69, 9.17) is 69.6 Å². The van der Waals surface area contributed by atoms with E-state index in [1.54, 1.807) is 18.7 Å². The lowest BCUT2D eigenvalue weighted by atomic mass is 10.2. The molecule has 0 aliphatic rings. The van der Waals surface area contributed by atoms with Crippen LogP contribution in [0.3, 0.4) is 0 Å². The fourth-order valence-corrected chi connectivity index (χ4v) is 3.87. The van der Waals surface area contributed by atoms with Crippen molar-refractivity contribution in [3.05, 3.63) is 0 Å². The van der Waals surface area contributed by atoms with Gasteiger partial charge in [-0.25, -0.2) is 0 Å². The van der Waals surface area contributed by atoms with E-state index in [1.807, 2.05) is 4.90 Å². The summed E-state index contributed by atoms with van der Waals surface area (Å²) < 4.78 is -3.21. The Morgan fingerprint density at radius 3 is 1.14 bits per heavy atom. The van der Waals surface area contributed by atoms with Crippen molar-refractivity contribution in [2.45, 2.75) is 58.7 Å². The molecule has 0 saturated heterocycles. The Balaban J connectivity index is 4.97. The number of halogens is 6. The van der Waals surface area contributed by atoms with E-state index in [9.17, 15) is 20.4 Å². The molecule has 0 rings (SSSR count). The topological polar surface area (TPSA) is 87.4 Å². The van der Waals surface area contributed by atoms with E-state index in [-0.39, 0.29) is 25.9 Å². The maximum absolute atomic E-state index is 10.2. The zero-order chi connectivity index (χ0) is 22.1. The van der Waals surface area contributed by atoms with Crippen LogP contribution in [-0.4, -0.2) is 101 Å². The summed E-state index contributed by atoms with van der Waals surface area (Å²) in [6.07, 6.45) is -3.21. The highest BCUT2D eigenvalue weighted by Crippen LogP contribution is 2.32. The van der Waals surface area contributed by atoms with Gasteiger partial charge in [-0.2, -0.15) is 0 Å². The Hall–Kier alpha value is 1.50. The van der Waals surface area contributed by atoms with E-state index < -0.39 is 32.0 Å². The summed E-state index contributed by atoms with van der Waals surface area (Å²) in [5.74, 6) is 0. The normalized spacial score (nSPS) is 17.8. The van der Waals surface area contributed by atoms with Gasteiger partial charge in [-0.1, -0.05) is 69.6 Å². The molecular formula is C16H30Cl6N2O4. The van der Waals surface area contributed by atoms with Crippen molar-refractivity contribution in [3.63, 3.8) is 0 Å². The molecule has 0 amide bonds. The van der Waals surface area contributed by atoms with Crippen molar-refractivity contribution in [2.24, 2.45) is 0 Å². The second kappa shape index (κ2) is 13.8. The van der Waals surface area contributed by atoms with E-state index in [0.29, 0.717) is 26.2 Å². The van der Waals surface area contributed by atoms with Gasteiger partial charge in [-0.3, -0.25) is 9.80 Å². The minimum Gasteiger partial charge on any atom is -0.392 e. The van der Waals surface area contributed by atoms with Gasteiger partial charge in [-0.05, 0) is 13.8 Å². The summed E-state index contributed by atoms with van der Waals surface area (Å²) in [5.41, 5.74) is 0. The quantitative estimate of drug-likeness (QED) is 0.276. The molecule has 12 heteroatoms. The van der Waals surface area contributed by atoms with Crippen LogP contribution in [0.15, 0.2) is 0 Å². The molecule has 0 aliphatic heterocycles. The van der Waals surface area contributed by atoms with Gasteiger partial charge in [0, 0.05) is 52.1 Å². The molecular weight excluding hydrogens is 497 g/mol. The summed E-state index contributed by atoms with van der Waals surface area (Å²) in [4.78, 5) is 3.64. The smallest absolute Gasteiger partial charge is 0.193 e. The zero-order valence-electron chi connectivity index (χ0n) is 15.9. The van der Waals surface area contributed by atoms with Crippen molar-refractivity contribution >= 4 is 69.6 Å². The van der Waals surface area contributed by atoms with Gasteiger partial charge < -0.3 is 20.4 Å². The Morgan fingerprint density at radius 2 is 0.893 bits per heavy atom. The maximum Gasteiger partial charge on any atom is 0.193 e. The number of hydrogen-bond donors (Lipinski definition) is 4. The first-order valence-electron chi connectivity index (χ1n) is 8.88. The Bertz CT molecular complexity index is 387. The van der Waals surface area contributed by atoms with E-state index >= 15 is 0 Å². The second-order valence-corrected chi connectivity index (χ2v) is 12.2. The highest BCUT2D eigenvalue weighted by atomic mass is 35.6. The van der Waals surface area contributed by atoms with Crippen LogP contribution in [0.1, 0.15) is 26.7 Å². The summed E-state index contributed by atoms with van der Waals surface area (Å²) in [7, 11) is 0. The molecule has 4 unspecified atom stereocenters. The third-order valence-corrected chi connectivity index (χ3v) is 4.58. The van der Waals surface area contributed by atoms with E-state index in [1.165, 1.54) is 0 Å².